The topological polar surface area (TPSA) is 64.1 Å². The molecule has 2 amide bonds. The van der Waals surface area contributed by atoms with Crippen molar-refractivity contribution in [3.8, 4) is 11.1 Å². The molecule has 5 rings (SSSR count). The van der Waals surface area contributed by atoms with Gasteiger partial charge in [-0.25, -0.2) is 8.78 Å². The Bertz CT molecular complexity index is 1330. The van der Waals surface area contributed by atoms with E-state index in [0.717, 1.165) is 0 Å². The fourth-order valence-electron chi connectivity index (χ4n) is 4.71. The SMILES string of the molecule is CN(C(=O)C1=C(Cl)CCC=C1F)c1ccc(-c2cc(C(=O)N3CC(O)C3)ccc2Cl)cc1N1CC(F)C1. The highest BCUT2D eigenvalue weighted by Crippen LogP contribution is 2.40. The number of β-amino-alcohol motifs (C(OH)–C–C–N with tert-alkyl or cyclic N) is 1. The average Bonchev–Trinajstić information content (AvgIpc) is 2.84. The number of anilines is 2. The van der Waals surface area contributed by atoms with Crippen molar-refractivity contribution in [2.75, 3.05) is 43.0 Å². The number of aliphatic hydroxyl groups excluding tert-OH is 1. The first kappa shape index (κ1) is 25.7. The lowest BCUT2D eigenvalue weighted by Crippen LogP contribution is -2.53. The van der Waals surface area contributed by atoms with E-state index in [1.165, 1.54) is 18.0 Å². The van der Waals surface area contributed by atoms with Crippen molar-refractivity contribution in [1.29, 1.82) is 0 Å². The first-order valence-electron chi connectivity index (χ1n) is 12.0. The van der Waals surface area contributed by atoms with Gasteiger partial charge in [0.05, 0.1) is 36.1 Å². The first-order valence-corrected chi connectivity index (χ1v) is 12.7. The Kier molecular flexibility index (Phi) is 7.00. The molecule has 10 heteroatoms. The van der Waals surface area contributed by atoms with Gasteiger partial charge in [0.15, 0.2) is 0 Å². The lowest BCUT2D eigenvalue weighted by Gasteiger charge is -2.39. The van der Waals surface area contributed by atoms with E-state index in [4.69, 9.17) is 23.2 Å². The molecule has 0 bridgehead atoms. The Morgan fingerprint density at radius 2 is 1.81 bits per heavy atom. The van der Waals surface area contributed by atoms with E-state index in [1.54, 1.807) is 46.2 Å². The highest BCUT2D eigenvalue weighted by molar-refractivity contribution is 6.34. The maximum atomic E-state index is 14.5. The molecule has 0 aromatic heterocycles. The van der Waals surface area contributed by atoms with Crippen molar-refractivity contribution in [1.82, 2.24) is 4.90 Å². The number of rotatable bonds is 5. The molecule has 2 aromatic carbocycles. The molecule has 0 unspecified atom stereocenters. The summed E-state index contributed by atoms with van der Waals surface area (Å²) in [5.41, 5.74) is 2.58. The number of carbonyl (C=O) groups excluding carboxylic acids is 2. The van der Waals surface area contributed by atoms with Crippen molar-refractivity contribution in [3.63, 3.8) is 0 Å². The Morgan fingerprint density at radius 3 is 2.46 bits per heavy atom. The average molecular weight is 548 g/mol. The smallest absolute Gasteiger partial charge is 0.262 e. The van der Waals surface area contributed by atoms with Gasteiger partial charge in [0, 0.05) is 41.3 Å². The molecule has 3 aliphatic rings. The van der Waals surface area contributed by atoms with Gasteiger partial charge in [-0.2, -0.15) is 0 Å². The highest BCUT2D eigenvalue weighted by Gasteiger charge is 2.33. The predicted molar refractivity (Wildman–Crippen MR) is 141 cm³/mol. The predicted octanol–water partition coefficient (Wildman–Crippen LogP) is 5.08. The number of allylic oxidation sites excluding steroid dienone is 2. The Morgan fingerprint density at radius 1 is 1.08 bits per heavy atom. The van der Waals surface area contributed by atoms with Gasteiger partial charge in [0.25, 0.3) is 11.8 Å². The van der Waals surface area contributed by atoms with Gasteiger partial charge < -0.3 is 19.8 Å². The number of carbonyl (C=O) groups is 2. The minimum atomic E-state index is -0.996. The van der Waals surface area contributed by atoms with E-state index < -0.39 is 24.0 Å². The summed E-state index contributed by atoms with van der Waals surface area (Å²) in [4.78, 5) is 30.7. The number of benzene rings is 2. The van der Waals surface area contributed by atoms with Crippen LogP contribution in [0.5, 0.6) is 0 Å². The number of hydrogen-bond donors (Lipinski definition) is 1. The third-order valence-electron chi connectivity index (χ3n) is 6.90. The van der Waals surface area contributed by atoms with Crippen molar-refractivity contribution < 1.29 is 23.5 Å². The quantitative estimate of drug-likeness (QED) is 0.566. The van der Waals surface area contributed by atoms with Crippen LogP contribution in [0, 0.1) is 0 Å². The normalized spacial score (nSPS) is 18.4. The molecular weight excluding hydrogens is 523 g/mol. The molecule has 0 radical (unpaired) electrons. The summed E-state index contributed by atoms with van der Waals surface area (Å²) in [7, 11) is 1.53. The zero-order chi connectivity index (χ0) is 26.4. The third-order valence-corrected chi connectivity index (χ3v) is 7.61. The molecule has 2 aliphatic heterocycles. The van der Waals surface area contributed by atoms with Crippen LogP contribution in [0.3, 0.4) is 0 Å². The lowest BCUT2D eigenvalue weighted by atomic mass is 9.98. The summed E-state index contributed by atoms with van der Waals surface area (Å²) in [5, 5.41) is 10.1. The maximum Gasteiger partial charge on any atom is 0.262 e. The molecular formula is C27H25Cl2F2N3O3. The van der Waals surface area contributed by atoms with Crippen LogP contribution in [0.4, 0.5) is 20.2 Å². The first-order chi connectivity index (χ1) is 17.6. The summed E-state index contributed by atoms with van der Waals surface area (Å²) in [5.74, 6) is -1.45. The Hall–Kier alpha value is -2.94. The molecule has 6 nitrogen and oxygen atoms in total. The molecule has 1 aliphatic carbocycles. The number of likely N-dealkylation sites (N-methyl/N-ethyl adjacent to an activating group) is 1. The van der Waals surface area contributed by atoms with Gasteiger partial charge in [-0.1, -0.05) is 29.3 Å². The van der Waals surface area contributed by atoms with Crippen LogP contribution in [-0.2, 0) is 4.79 Å². The van der Waals surface area contributed by atoms with Crippen LogP contribution >= 0.6 is 23.2 Å². The molecule has 1 N–H and O–H groups in total. The molecule has 0 saturated carbocycles. The second-order valence-corrected chi connectivity index (χ2v) is 10.4. The van der Waals surface area contributed by atoms with Gasteiger partial charge in [0.1, 0.15) is 12.0 Å². The molecule has 2 fully saturated rings. The number of nitrogens with zero attached hydrogens (tertiary/aromatic N) is 3. The van der Waals surface area contributed by atoms with E-state index in [9.17, 15) is 23.5 Å². The number of alkyl halides is 1. The molecule has 2 saturated heterocycles. The molecule has 2 aromatic rings. The van der Waals surface area contributed by atoms with Gasteiger partial charge in [0.2, 0.25) is 0 Å². The minimum Gasteiger partial charge on any atom is -0.389 e. The van der Waals surface area contributed by atoms with Crippen LogP contribution < -0.4 is 9.80 Å². The number of likely N-dealkylation sites (tertiary alicyclic amines) is 1. The Labute approximate surface area is 223 Å². The van der Waals surface area contributed by atoms with E-state index in [0.29, 0.717) is 45.9 Å². The van der Waals surface area contributed by atoms with Crippen LogP contribution in [-0.4, -0.2) is 67.3 Å². The van der Waals surface area contributed by atoms with Crippen LogP contribution in [0.1, 0.15) is 23.2 Å². The minimum absolute atomic E-state index is 0.153. The molecule has 0 spiro atoms. The fraction of sp³-hybridized carbons (Fsp3) is 0.333. The van der Waals surface area contributed by atoms with E-state index >= 15 is 0 Å². The summed E-state index contributed by atoms with van der Waals surface area (Å²) < 4.78 is 28.3. The van der Waals surface area contributed by atoms with Crippen molar-refractivity contribution in [2.45, 2.75) is 25.1 Å². The van der Waals surface area contributed by atoms with Gasteiger partial charge in [-0.05, 0) is 54.8 Å². The van der Waals surface area contributed by atoms with Crippen molar-refractivity contribution in [3.05, 3.63) is 69.5 Å². The zero-order valence-corrected chi connectivity index (χ0v) is 21.6. The van der Waals surface area contributed by atoms with E-state index in [1.807, 2.05) is 0 Å². The number of amides is 2. The summed E-state index contributed by atoms with van der Waals surface area (Å²) >= 11 is 12.7. The van der Waals surface area contributed by atoms with Crippen LogP contribution in [0.25, 0.3) is 11.1 Å². The molecule has 37 heavy (non-hydrogen) atoms. The van der Waals surface area contributed by atoms with Crippen molar-refractivity contribution in [2.24, 2.45) is 0 Å². The highest BCUT2D eigenvalue weighted by atomic mass is 35.5. The maximum absolute atomic E-state index is 14.5. The lowest BCUT2D eigenvalue weighted by molar-refractivity contribution is -0.114. The number of aliphatic hydroxyl groups is 1. The standard InChI is InChI=1S/C27H25Cl2F2N3O3/c1-32(27(37)25-21(29)3-2-4-22(25)31)23-8-6-15(10-24(23)33-11-17(30)12-33)19-9-16(5-7-20(19)28)26(36)34-13-18(35)14-34/h4-10,17-18,35H,2-3,11-14H2,1H3. The summed E-state index contributed by atoms with van der Waals surface area (Å²) in [6.07, 6.45) is 0.652. The number of hydrogen-bond acceptors (Lipinski definition) is 4. The largest absolute Gasteiger partial charge is 0.389 e. The zero-order valence-electron chi connectivity index (χ0n) is 20.1. The van der Waals surface area contributed by atoms with E-state index in [2.05, 4.69) is 0 Å². The molecule has 2 heterocycles. The van der Waals surface area contributed by atoms with E-state index in [-0.39, 0.29) is 42.7 Å². The monoisotopic (exact) mass is 547 g/mol. The second-order valence-electron chi connectivity index (χ2n) is 9.50. The van der Waals surface area contributed by atoms with Gasteiger partial charge >= 0.3 is 0 Å². The molecule has 194 valence electrons. The summed E-state index contributed by atoms with van der Waals surface area (Å²) in [6.45, 7) is 0.872. The van der Waals surface area contributed by atoms with Crippen LogP contribution in [0.2, 0.25) is 5.02 Å². The summed E-state index contributed by atoms with van der Waals surface area (Å²) in [6, 6.07) is 10.2. The van der Waals surface area contributed by atoms with Gasteiger partial charge in [-0.15, -0.1) is 0 Å². The molecule has 0 atom stereocenters. The number of halogens is 4. The fourth-order valence-corrected chi connectivity index (χ4v) is 5.22. The van der Waals surface area contributed by atoms with Crippen LogP contribution in [0.15, 0.2) is 58.9 Å². The van der Waals surface area contributed by atoms with Crippen molar-refractivity contribution >= 4 is 46.4 Å². The van der Waals surface area contributed by atoms with Gasteiger partial charge in [-0.3, -0.25) is 9.59 Å². The second kappa shape index (κ2) is 10.1. The Balaban J connectivity index is 1.51. The third kappa shape index (κ3) is 4.85.